The van der Waals surface area contributed by atoms with Gasteiger partial charge in [-0.05, 0) is 30.5 Å². The largest absolute Gasteiger partial charge is 0.494 e. The zero-order valence-corrected chi connectivity index (χ0v) is 13.1. The molecule has 2 nitrogen and oxygen atoms in total. The quantitative estimate of drug-likeness (QED) is 0.631. The zero-order chi connectivity index (χ0) is 14.7. The van der Waals surface area contributed by atoms with Crippen LogP contribution in [0.3, 0.4) is 0 Å². The van der Waals surface area contributed by atoms with E-state index in [0.717, 1.165) is 32.6 Å². The molecule has 21 heavy (non-hydrogen) atoms. The van der Waals surface area contributed by atoms with Crippen molar-refractivity contribution < 1.29 is 4.74 Å². The molecule has 3 aromatic rings. The third kappa shape index (κ3) is 3.26. The van der Waals surface area contributed by atoms with Crippen LogP contribution in [0.5, 0.6) is 5.75 Å². The summed E-state index contributed by atoms with van der Waals surface area (Å²) in [6.07, 6.45) is 0. The van der Waals surface area contributed by atoms with Gasteiger partial charge < -0.3 is 4.74 Å². The molecule has 106 valence electrons. The summed E-state index contributed by atoms with van der Waals surface area (Å²) in [5.41, 5.74) is 2.85. The van der Waals surface area contributed by atoms with E-state index in [-0.39, 0.29) is 0 Å². The van der Waals surface area contributed by atoms with Crippen LogP contribution in [0, 0.1) is 0 Å². The number of rotatable bonds is 4. The van der Waals surface area contributed by atoms with E-state index in [1.165, 1.54) is 0 Å². The van der Waals surface area contributed by atoms with Crippen LogP contribution >= 0.6 is 22.9 Å². The van der Waals surface area contributed by atoms with Gasteiger partial charge >= 0.3 is 0 Å². The highest BCUT2D eigenvalue weighted by Gasteiger charge is 2.08. The van der Waals surface area contributed by atoms with Crippen LogP contribution in [0.1, 0.15) is 6.92 Å². The molecule has 0 aliphatic carbocycles. The fourth-order valence-corrected chi connectivity index (χ4v) is 2.89. The molecular formula is C17H14ClNOS. The molecular weight excluding hydrogens is 302 g/mol. The van der Waals surface area contributed by atoms with E-state index in [2.05, 4.69) is 6.07 Å². The summed E-state index contributed by atoms with van der Waals surface area (Å²) in [7, 11) is 0. The molecule has 0 aliphatic rings. The van der Waals surface area contributed by atoms with E-state index in [1.54, 1.807) is 11.3 Å². The van der Waals surface area contributed by atoms with Gasteiger partial charge in [-0.15, -0.1) is 11.3 Å². The van der Waals surface area contributed by atoms with Crippen LogP contribution in [0.4, 0.5) is 0 Å². The van der Waals surface area contributed by atoms with Gasteiger partial charge in [-0.1, -0.05) is 29.8 Å². The van der Waals surface area contributed by atoms with Crippen LogP contribution < -0.4 is 4.74 Å². The van der Waals surface area contributed by atoms with E-state index in [1.807, 2.05) is 54.8 Å². The molecule has 0 saturated carbocycles. The van der Waals surface area contributed by atoms with Crippen molar-refractivity contribution in [2.75, 3.05) is 6.61 Å². The third-order valence-electron chi connectivity index (χ3n) is 3.02. The Morgan fingerprint density at radius 3 is 2.52 bits per heavy atom. The Bertz CT molecular complexity index is 723. The van der Waals surface area contributed by atoms with Crippen molar-refractivity contribution in [3.63, 3.8) is 0 Å². The van der Waals surface area contributed by atoms with Crippen molar-refractivity contribution in [2.45, 2.75) is 6.92 Å². The van der Waals surface area contributed by atoms with Gasteiger partial charge in [0, 0.05) is 22.7 Å². The summed E-state index contributed by atoms with van der Waals surface area (Å²) in [5.74, 6) is 0.834. The average molecular weight is 316 g/mol. The molecule has 0 amide bonds. The van der Waals surface area contributed by atoms with Gasteiger partial charge in [0.2, 0.25) is 0 Å². The predicted molar refractivity (Wildman–Crippen MR) is 89.2 cm³/mol. The summed E-state index contributed by atoms with van der Waals surface area (Å²) in [4.78, 5) is 5.88. The molecule has 0 spiro atoms. The number of ether oxygens (including phenoxy) is 1. The van der Waals surface area contributed by atoms with Crippen LogP contribution in [-0.4, -0.2) is 11.6 Å². The first-order chi connectivity index (χ1) is 10.3. The van der Waals surface area contributed by atoms with Crippen molar-refractivity contribution >= 4 is 22.9 Å². The molecule has 0 bridgehead atoms. The highest BCUT2D eigenvalue weighted by molar-refractivity contribution is 7.13. The maximum absolute atomic E-state index is 5.95. The minimum absolute atomic E-state index is 0.633. The molecule has 0 unspecified atom stereocenters. The minimum atomic E-state index is 0.633. The number of nitrogens with zero attached hydrogens (tertiary/aromatic N) is 1. The van der Waals surface area contributed by atoms with Gasteiger partial charge in [-0.3, -0.25) is 0 Å². The van der Waals surface area contributed by atoms with Crippen LogP contribution in [0.25, 0.3) is 21.8 Å². The van der Waals surface area contributed by atoms with E-state index >= 15 is 0 Å². The molecule has 0 atom stereocenters. The number of pyridine rings is 1. The highest BCUT2D eigenvalue weighted by atomic mass is 35.5. The smallest absolute Gasteiger partial charge is 0.123 e. The van der Waals surface area contributed by atoms with Crippen molar-refractivity contribution in [1.29, 1.82) is 0 Å². The monoisotopic (exact) mass is 315 g/mol. The Balaban J connectivity index is 2.09. The van der Waals surface area contributed by atoms with E-state index < -0.39 is 0 Å². The van der Waals surface area contributed by atoms with Gasteiger partial charge in [0.25, 0.3) is 0 Å². The Kier molecular flexibility index (Phi) is 4.23. The second-order valence-corrected chi connectivity index (χ2v) is 5.87. The normalized spacial score (nSPS) is 10.6. The van der Waals surface area contributed by atoms with E-state index in [0.29, 0.717) is 6.61 Å². The lowest BCUT2D eigenvalue weighted by Gasteiger charge is -2.09. The average Bonchev–Trinajstić information content (AvgIpc) is 3.02. The summed E-state index contributed by atoms with van der Waals surface area (Å²) in [5, 5.41) is 2.77. The lowest BCUT2D eigenvalue weighted by Crippen LogP contribution is -1.95. The van der Waals surface area contributed by atoms with Gasteiger partial charge in [-0.2, -0.15) is 0 Å². The predicted octanol–water partition coefficient (Wildman–Crippen LogP) is 5.53. The van der Waals surface area contributed by atoms with E-state index in [9.17, 15) is 0 Å². The molecule has 2 heterocycles. The summed E-state index contributed by atoms with van der Waals surface area (Å²) in [6.45, 7) is 2.61. The molecule has 0 fully saturated rings. The van der Waals surface area contributed by atoms with E-state index in [4.69, 9.17) is 21.3 Å². The first-order valence-corrected chi connectivity index (χ1v) is 7.96. The Morgan fingerprint density at radius 1 is 1.10 bits per heavy atom. The Hall–Kier alpha value is -1.84. The molecule has 3 rings (SSSR count). The lowest BCUT2D eigenvalue weighted by atomic mass is 10.1. The molecule has 1 aromatic carbocycles. The molecule has 0 aliphatic heterocycles. The SMILES string of the molecule is CCOc1cc(-c2ccc(Cl)cc2)nc(-c2cccs2)c1. The molecule has 0 radical (unpaired) electrons. The van der Waals surface area contributed by atoms with Gasteiger partial charge in [0.15, 0.2) is 0 Å². The summed E-state index contributed by atoms with van der Waals surface area (Å²) in [6, 6.07) is 15.7. The number of thiophene rings is 1. The number of hydrogen-bond donors (Lipinski definition) is 0. The molecule has 0 saturated heterocycles. The maximum Gasteiger partial charge on any atom is 0.123 e. The van der Waals surface area contributed by atoms with Gasteiger partial charge in [0.05, 0.1) is 22.9 Å². The van der Waals surface area contributed by atoms with Crippen molar-refractivity contribution in [3.8, 4) is 27.6 Å². The molecule has 4 heteroatoms. The van der Waals surface area contributed by atoms with Crippen molar-refractivity contribution in [3.05, 3.63) is 58.9 Å². The number of halogens is 1. The van der Waals surface area contributed by atoms with Gasteiger partial charge in [-0.25, -0.2) is 4.98 Å². The first kappa shape index (κ1) is 14.1. The van der Waals surface area contributed by atoms with Crippen LogP contribution in [0.2, 0.25) is 5.02 Å². The van der Waals surface area contributed by atoms with Crippen LogP contribution in [0.15, 0.2) is 53.9 Å². The van der Waals surface area contributed by atoms with Crippen LogP contribution in [-0.2, 0) is 0 Å². The first-order valence-electron chi connectivity index (χ1n) is 6.71. The second-order valence-electron chi connectivity index (χ2n) is 4.49. The highest BCUT2D eigenvalue weighted by Crippen LogP contribution is 2.31. The Labute approximate surface area is 133 Å². The van der Waals surface area contributed by atoms with Gasteiger partial charge in [0.1, 0.15) is 5.75 Å². The third-order valence-corrected chi connectivity index (χ3v) is 4.17. The topological polar surface area (TPSA) is 22.1 Å². The fourth-order valence-electron chi connectivity index (χ4n) is 2.07. The zero-order valence-electron chi connectivity index (χ0n) is 11.5. The fraction of sp³-hybridized carbons (Fsp3) is 0.118. The number of aromatic nitrogens is 1. The lowest BCUT2D eigenvalue weighted by molar-refractivity contribution is 0.340. The number of benzene rings is 1. The molecule has 0 N–H and O–H groups in total. The second kappa shape index (κ2) is 6.29. The maximum atomic E-state index is 5.95. The summed E-state index contributed by atoms with van der Waals surface area (Å²) >= 11 is 7.62. The van der Waals surface area contributed by atoms with Crippen molar-refractivity contribution in [1.82, 2.24) is 4.98 Å². The standard InChI is InChI=1S/C17H14ClNOS/c1-2-20-14-10-15(12-5-7-13(18)8-6-12)19-16(11-14)17-4-3-9-21-17/h3-11H,2H2,1H3. The Morgan fingerprint density at radius 2 is 1.86 bits per heavy atom. The summed E-state index contributed by atoms with van der Waals surface area (Å²) < 4.78 is 5.67. The van der Waals surface area contributed by atoms with Crippen molar-refractivity contribution in [2.24, 2.45) is 0 Å². The number of hydrogen-bond acceptors (Lipinski definition) is 3. The molecule has 2 aromatic heterocycles. The minimum Gasteiger partial charge on any atom is -0.494 e.